The second-order valence-electron chi connectivity index (χ2n) is 5.95. The van der Waals surface area contributed by atoms with Gasteiger partial charge in [0.15, 0.2) is 0 Å². The number of aliphatic hydroxyl groups excluding tert-OH is 1. The largest absolute Gasteiger partial charge is 0.394 e. The molecule has 1 aromatic carbocycles. The van der Waals surface area contributed by atoms with Gasteiger partial charge in [-0.1, -0.05) is 20.8 Å². The van der Waals surface area contributed by atoms with Crippen LogP contribution in [-0.2, 0) is 0 Å². The highest BCUT2D eigenvalue weighted by Gasteiger charge is 2.14. The topological polar surface area (TPSA) is 52.6 Å². The van der Waals surface area contributed by atoms with Crippen LogP contribution in [0.15, 0.2) is 24.3 Å². The summed E-state index contributed by atoms with van der Waals surface area (Å²) >= 11 is 0. The van der Waals surface area contributed by atoms with Gasteiger partial charge in [-0.3, -0.25) is 4.79 Å². The predicted molar refractivity (Wildman–Crippen MR) is 87.8 cm³/mol. The van der Waals surface area contributed by atoms with E-state index in [1.165, 1.54) is 0 Å². The highest BCUT2D eigenvalue weighted by molar-refractivity contribution is 5.94. The first-order valence-electron chi connectivity index (χ1n) is 7.70. The van der Waals surface area contributed by atoms with Gasteiger partial charge >= 0.3 is 0 Å². The lowest BCUT2D eigenvalue weighted by Gasteiger charge is -2.20. The minimum Gasteiger partial charge on any atom is -0.394 e. The Morgan fingerprint density at radius 3 is 2.38 bits per heavy atom. The molecule has 1 aromatic rings. The first-order valence-corrected chi connectivity index (χ1v) is 7.70. The first kappa shape index (κ1) is 17.5. The van der Waals surface area contributed by atoms with Gasteiger partial charge in [0.2, 0.25) is 0 Å². The summed E-state index contributed by atoms with van der Waals surface area (Å²) in [5, 5.41) is 12.2. The molecule has 0 radical (unpaired) electrons. The molecule has 118 valence electrons. The molecular formula is C17H28N2O2. The van der Waals surface area contributed by atoms with Crippen LogP contribution < -0.4 is 10.2 Å². The maximum Gasteiger partial charge on any atom is 0.251 e. The minimum atomic E-state index is -0.181. The molecule has 0 bridgehead atoms. The van der Waals surface area contributed by atoms with Crippen LogP contribution in [-0.4, -0.2) is 37.3 Å². The molecule has 0 aromatic heterocycles. The molecule has 0 fully saturated rings. The fourth-order valence-electron chi connectivity index (χ4n) is 2.35. The van der Waals surface area contributed by atoms with E-state index >= 15 is 0 Å². The number of nitrogens with one attached hydrogen (secondary N) is 1. The fraction of sp³-hybridized carbons (Fsp3) is 0.588. The van der Waals surface area contributed by atoms with E-state index in [9.17, 15) is 9.90 Å². The number of amides is 1. The van der Waals surface area contributed by atoms with Crippen LogP contribution in [0.3, 0.4) is 0 Å². The predicted octanol–water partition coefficient (Wildman–Crippen LogP) is 2.67. The Balaban J connectivity index is 2.66. The maximum absolute atomic E-state index is 12.2. The zero-order chi connectivity index (χ0) is 15.8. The molecule has 21 heavy (non-hydrogen) atoms. The van der Waals surface area contributed by atoms with E-state index in [4.69, 9.17) is 0 Å². The van der Waals surface area contributed by atoms with Gasteiger partial charge in [0.25, 0.3) is 5.91 Å². The fourth-order valence-corrected chi connectivity index (χ4v) is 2.35. The van der Waals surface area contributed by atoms with Crippen molar-refractivity contribution in [3.8, 4) is 0 Å². The van der Waals surface area contributed by atoms with Gasteiger partial charge < -0.3 is 15.3 Å². The van der Waals surface area contributed by atoms with Crippen LogP contribution in [0, 0.1) is 5.92 Å². The Hall–Kier alpha value is -1.55. The van der Waals surface area contributed by atoms with Crippen molar-refractivity contribution in [1.29, 1.82) is 0 Å². The van der Waals surface area contributed by atoms with Crippen LogP contribution in [0.4, 0.5) is 5.69 Å². The molecule has 4 nitrogen and oxygen atoms in total. The van der Waals surface area contributed by atoms with Gasteiger partial charge in [0.1, 0.15) is 0 Å². The summed E-state index contributed by atoms with van der Waals surface area (Å²) in [5.74, 6) is 0.312. The van der Waals surface area contributed by atoms with Crippen LogP contribution >= 0.6 is 0 Å². The lowest BCUT2D eigenvalue weighted by molar-refractivity contribution is 0.0908. The number of hydrogen-bond donors (Lipinski definition) is 2. The zero-order valence-corrected chi connectivity index (χ0v) is 13.6. The third-order valence-corrected chi connectivity index (χ3v) is 3.44. The Bertz CT molecular complexity index is 429. The summed E-state index contributed by atoms with van der Waals surface area (Å²) in [6.45, 7) is 7.26. The highest BCUT2D eigenvalue weighted by atomic mass is 16.3. The molecule has 1 amide bonds. The Labute approximate surface area is 128 Å². The summed E-state index contributed by atoms with van der Waals surface area (Å²) in [6.07, 6.45) is 1.87. The van der Waals surface area contributed by atoms with Crippen molar-refractivity contribution in [2.24, 2.45) is 5.92 Å². The van der Waals surface area contributed by atoms with Gasteiger partial charge in [-0.2, -0.15) is 0 Å². The average molecular weight is 292 g/mol. The van der Waals surface area contributed by atoms with E-state index in [-0.39, 0.29) is 18.6 Å². The van der Waals surface area contributed by atoms with Crippen molar-refractivity contribution in [3.05, 3.63) is 29.8 Å². The van der Waals surface area contributed by atoms with Crippen LogP contribution in [0.1, 0.15) is 44.0 Å². The Morgan fingerprint density at radius 1 is 1.29 bits per heavy atom. The molecule has 0 aliphatic carbocycles. The second kappa shape index (κ2) is 8.67. The van der Waals surface area contributed by atoms with Crippen LogP contribution in [0.5, 0.6) is 0 Å². The van der Waals surface area contributed by atoms with Crippen molar-refractivity contribution < 1.29 is 9.90 Å². The lowest BCUT2D eigenvalue weighted by atomic mass is 10.0. The van der Waals surface area contributed by atoms with Gasteiger partial charge in [0.05, 0.1) is 12.6 Å². The van der Waals surface area contributed by atoms with E-state index in [1.807, 2.05) is 31.3 Å². The summed E-state index contributed by atoms with van der Waals surface area (Å²) in [5.41, 5.74) is 1.74. The summed E-state index contributed by atoms with van der Waals surface area (Å²) < 4.78 is 0. The van der Waals surface area contributed by atoms with Gasteiger partial charge in [0, 0.05) is 24.8 Å². The molecule has 0 saturated heterocycles. The van der Waals surface area contributed by atoms with Gasteiger partial charge in [-0.25, -0.2) is 0 Å². The minimum absolute atomic E-state index is 0.0265. The number of nitrogens with zero attached hydrogens (tertiary/aromatic N) is 1. The summed E-state index contributed by atoms with van der Waals surface area (Å²) in [7, 11) is 2.04. The van der Waals surface area contributed by atoms with Crippen LogP contribution in [0.25, 0.3) is 0 Å². The number of rotatable bonds is 8. The number of carbonyl (C=O) groups excluding carboxylic acids is 1. The molecule has 0 aliphatic heterocycles. The SMILES string of the molecule is CCCN(C)c1ccc(C(=O)NC(CO)CC(C)C)cc1. The van der Waals surface area contributed by atoms with Crippen molar-refractivity contribution in [3.63, 3.8) is 0 Å². The normalized spacial score (nSPS) is 12.3. The van der Waals surface area contributed by atoms with E-state index < -0.39 is 0 Å². The molecule has 4 heteroatoms. The molecule has 0 heterocycles. The number of hydrogen-bond acceptors (Lipinski definition) is 3. The van der Waals surface area contributed by atoms with Crippen molar-refractivity contribution >= 4 is 11.6 Å². The van der Waals surface area contributed by atoms with Crippen LogP contribution in [0.2, 0.25) is 0 Å². The summed E-state index contributed by atoms with van der Waals surface area (Å²) in [6, 6.07) is 7.41. The summed E-state index contributed by atoms with van der Waals surface area (Å²) in [4.78, 5) is 14.3. The molecule has 0 saturated carbocycles. The standard InChI is InChI=1S/C17H28N2O2/c1-5-10-19(4)16-8-6-14(7-9-16)17(21)18-15(12-20)11-13(2)3/h6-9,13,15,20H,5,10-12H2,1-4H3,(H,18,21). The van der Waals surface area contributed by atoms with E-state index in [0.717, 1.165) is 25.1 Å². The third-order valence-electron chi connectivity index (χ3n) is 3.44. The first-order chi connectivity index (χ1) is 9.97. The number of carbonyl (C=O) groups is 1. The average Bonchev–Trinajstić information content (AvgIpc) is 2.46. The number of aliphatic hydroxyl groups is 1. The second-order valence-corrected chi connectivity index (χ2v) is 5.95. The van der Waals surface area contributed by atoms with E-state index in [0.29, 0.717) is 11.5 Å². The third kappa shape index (κ3) is 5.76. The quantitative estimate of drug-likeness (QED) is 0.774. The highest BCUT2D eigenvalue weighted by Crippen LogP contribution is 2.14. The molecule has 1 rings (SSSR count). The molecule has 1 unspecified atom stereocenters. The van der Waals surface area contributed by atoms with Crippen molar-refractivity contribution in [2.75, 3.05) is 25.1 Å². The van der Waals surface area contributed by atoms with E-state index in [1.54, 1.807) is 0 Å². The molecular weight excluding hydrogens is 264 g/mol. The zero-order valence-electron chi connectivity index (χ0n) is 13.6. The maximum atomic E-state index is 12.2. The molecule has 0 aliphatic rings. The van der Waals surface area contributed by atoms with Gasteiger partial charge in [-0.05, 0) is 43.0 Å². The monoisotopic (exact) mass is 292 g/mol. The van der Waals surface area contributed by atoms with Gasteiger partial charge in [-0.15, -0.1) is 0 Å². The van der Waals surface area contributed by atoms with Crippen molar-refractivity contribution in [2.45, 2.75) is 39.7 Å². The number of benzene rings is 1. The lowest BCUT2D eigenvalue weighted by Crippen LogP contribution is -2.38. The Morgan fingerprint density at radius 2 is 1.90 bits per heavy atom. The Kier molecular flexibility index (Phi) is 7.23. The number of anilines is 1. The molecule has 0 spiro atoms. The molecule has 2 N–H and O–H groups in total. The van der Waals surface area contributed by atoms with Crippen molar-refractivity contribution in [1.82, 2.24) is 5.32 Å². The molecule has 1 atom stereocenters. The smallest absolute Gasteiger partial charge is 0.251 e. The van der Waals surface area contributed by atoms with E-state index in [2.05, 4.69) is 31.0 Å².